The van der Waals surface area contributed by atoms with Gasteiger partial charge < -0.3 is 10.0 Å². The van der Waals surface area contributed by atoms with E-state index >= 15 is 0 Å². The van der Waals surface area contributed by atoms with Crippen molar-refractivity contribution in [1.82, 2.24) is 14.9 Å². The monoisotopic (exact) mass is 291 g/mol. The number of rotatable bonds is 6. The third kappa shape index (κ3) is 4.00. The van der Waals surface area contributed by atoms with Crippen LogP contribution in [-0.4, -0.2) is 44.9 Å². The van der Waals surface area contributed by atoms with Crippen LogP contribution in [0.3, 0.4) is 0 Å². The number of carbonyl (C=O) groups is 2. The zero-order valence-corrected chi connectivity index (χ0v) is 12.2. The molecule has 1 N–H and O–H groups in total. The predicted molar refractivity (Wildman–Crippen MR) is 76.5 cm³/mol. The maximum Gasteiger partial charge on any atom is 0.308 e. The van der Waals surface area contributed by atoms with Gasteiger partial charge >= 0.3 is 5.97 Å². The van der Waals surface area contributed by atoms with Crippen LogP contribution in [0.1, 0.15) is 31.9 Å². The van der Waals surface area contributed by atoms with E-state index in [2.05, 4.69) is 9.97 Å². The lowest BCUT2D eigenvalue weighted by Crippen LogP contribution is -2.30. The summed E-state index contributed by atoms with van der Waals surface area (Å²) in [6.07, 6.45) is 7.54. The van der Waals surface area contributed by atoms with Crippen LogP contribution >= 0.6 is 0 Å². The molecule has 1 aromatic heterocycles. The van der Waals surface area contributed by atoms with E-state index in [0.717, 1.165) is 18.5 Å². The van der Waals surface area contributed by atoms with Crippen LogP contribution in [0, 0.1) is 11.8 Å². The maximum atomic E-state index is 12.2. The molecule has 0 saturated carbocycles. The van der Waals surface area contributed by atoms with Gasteiger partial charge in [-0.1, -0.05) is 13.3 Å². The Morgan fingerprint density at radius 3 is 2.81 bits per heavy atom. The van der Waals surface area contributed by atoms with Crippen molar-refractivity contribution in [3.05, 3.63) is 24.3 Å². The fourth-order valence-electron chi connectivity index (χ4n) is 2.87. The van der Waals surface area contributed by atoms with Crippen molar-refractivity contribution < 1.29 is 14.7 Å². The standard InChI is InChI=1S/C15H21N3O3/c1-2-3-11-9-18(10-13(11)15(20)21)14(19)5-4-12-8-16-6-7-17-12/h6-8,11,13H,2-5,9-10H2,1H3,(H,20,21). The smallest absolute Gasteiger partial charge is 0.308 e. The molecule has 1 aliphatic rings. The Kier molecular flexibility index (Phi) is 5.25. The van der Waals surface area contributed by atoms with Crippen molar-refractivity contribution in [2.45, 2.75) is 32.6 Å². The van der Waals surface area contributed by atoms with Gasteiger partial charge in [-0.25, -0.2) is 0 Å². The molecule has 6 nitrogen and oxygen atoms in total. The first kappa shape index (κ1) is 15.4. The van der Waals surface area contributed by atoms with Crippen molar-refractivity contribution in [2.75, 3.05) is 13.1 Å². The van der Waals surface area contributed by atoms with Crippen LogP contribution in [0.2, 0.25) is 0 Å². The number of hydrogen-bond acceptors (Lipinski definition) is 4. The SMILES string of the molecule is CCCC1CN(C(=O)CCc2cnccn2)CC1C(=O)O. The van der Waals surface area contributed by atoms with Gasteiger partial charge in [0.1, 0.15) is 0 Å². The van der Waals surface area contributed by atoms with Crippen LogP contribution in [0.5, 0.6) is 0 Å². The Bertz CT molecular complexity index is 492. The van der Waals surface area contributed by atoms with Gasteiger partial charge in [-0.15, -0.1) is 0 Å². The molecule has 1 aliphatic heterocycles. The Morgan fingerprint density at radius 2 is 2.19 bits per heavy atom. The summed E-state index contributed by atoms with van der Waals surface area (Å²) < 4.78 is 0. The van der Waals surface area contributed by atoms with Crippen LogP contribution in [0.4, 0.5) is 0 Å². The summed E-state index contributed by atoms with van der Waals surface area (Å²) in [6, 6.07) is 0. The molecular weight excluding hydrogens is 270 g/mol. The first-order valence-corrected chi connectivity index (χ1v) is 7.37. The topological polar surface area (TPSA) is 83.4 Å². The maximum absolute atomic E-state index is 12.2. The fraction of sp³-hybridized carbons (Fsp3) is 0.600. The van der Waals surface area contributed by atoms with Crippen LogP contribution in [0.15, 0.2) is 18.6 Å². The Hall–Kier alpha value is -1.98. The van der Waals surface area contributed by atoms with Gasteiger partial charge in [0.2, 0.25) is 5.91 Å². The molecule has 2 heterocycles. The third-order valence-corrected chi connectivity index (χ3v) is 3.98. The molecule has 2 rings (SSSR count). The van der Waals surface area contributed by atoms with Gasteiger partial charge in [0.15, 0.2) is 0 Å². The quantitative estimate of drug-likeness (QED) is 0.855. The molecule has 114 valence electrons. The summed E-state index contributed by atoms with van der Waals surface area (Å²) in [6.45, 7) is 2.93. The summed E-state index contributed by atoms with van der Waals surface area (Å²) >= 11 is 0. The zero-order valence-electron chi connectivity index (χ0n) is 12.2. The number of carboxylic acid groups (broad SMARTS) is 1. The van der Waals surface area contributed by atoms with Crippen molar-refractivity contribution in [3.8, 4) is 0 Å². The molecule has 1 saturated heterocycles. The Balaban J connectivity index is 1.89. The first-order chi connectivity index (χ1) is 10.1. The number of amides is 1. The normalized spacial score (nSPS) is 21.5. The van der Waals surface area contributed by atoms with E-state index in [1.807, 2.05) is 6.92 Å². The summed E-state index contributed by atoms with van der Waals surface area (Å²) in [5.41, 5.74) is 0.782. The highest BCUT2D eigenvalue weighted by atomic mass is 16.4. The summed E-state index contributed by atoms with van der Waals surface area (Å²) in [5.74, 6) is -1.14. The van der Waals surface area contributed by atoms with E-state index in [9.17, 15) is 14.7 Å². The number of aryl methyl sites for hydroxylation is 1. The highest BCUT2D eigenvalue weighted by molar-refractivity contribution is 5.79. The van der Waals surface area contributed by atoms with E-state index in [1.54, 1.807) is 23.5 Å². The predicted octanol–water partition coefficient (Wildman–Crippen LogP) is 1.37. The van der Waals surface area contributed by atoms with E-state index in [1.165, 1.54) is 0 Å². The van der Waals surface area contributed by atoms with E-state index in [4.69, 9.17) is 0 Å². The molecule has 2 unspecified atom stereocenters. The van der Waals surface area contributed by atoms with Crippen molar-refractivity contribution in [1.29, 1.82) is 0 Å². The molecule has 0 aromatic carbocycles. The molecule has 1 amide bonds. The Labute approximate surface area is 124 Å². The highest BCUT2D eigenvalue weighted by Crippen LogP contribution is 2.28. The molecule has 0 bridgehead atoms. The summed E-state index contributed by atoms with van der Waals surface area (Å²) in [5, 5.41) is 9.26. The second kappa shape index (κ2) is 7.15. The molecular formula is C15H21N3O3. The number of aromatic nitrogens is 2. The molecule has 21 heavy (non-hydrogen) atoms. The largest absolute Gasteiger partial charge is 0.481 e. The molecule has 0 radical (unpaired) electrons. The van der Waals surface area contributed by atoms with Gasteiger partial charge in [-0.3, -0.25) is 19.6 Å². The van der Waals surface area contributed by atoms with Gasteiger partial charge in [0.25, 0.3) is 0 Å². The highest BCUT2D eigenvalue weighted by Gasteiger charge is 2.38. The van der Waals surface area contributed by atoms with Crippen molar-refractivity contribution in [3.63, 3.8) is 0 Å². The minimum absolute atomic E-state index is 0.00510. The number of carbonyl (C=O) groups excluding carboxylic acids is 1. The third-order valence-electron chi connectivity index (χ3n) is 3.98. The molecule has 0 spiro atoms. The van der Waals surface area contributed by atoms with Crippen LogP contribution in [0.25, 0.3) is 0 Å². The molecule has 1 fully saturated rings. The minimum atomic E-state index is -0.794. The van der Waals surface area contributed by atoms with E-state index < -0.39 is 11.9 Å². The molecule has 6 heteroatoms. The zero-order chi connectivity index (χ0) is 15.2. The first-order valence-electron chi connectivity index (χ1n) is 7.37. The number of hydrogen-bond donors (Lipinski definition) is 1. The van der Waals surface area contributed by atoms with Crippen molar-refractivity contribution in [2.24, 2.45) is 11.8 Å². The van der Waals surface area contributed by atoms with Gasteiger partial charge in [0, 0.05) is 38.1 Å². The lowest BCUT2D eigenvalue weighted by atomic mass is 9.92. The number of aliphatic carboxylic acids is 1. The van der Waals surface area contributed by atoms with E-state index in [0.29, 0.717) is 25.9 Å². The number of carboxylic acids is 1. The van der Waals surface area contributed by atoms with Gasteiger partial charge in [-0.2, -0.15) is 0 Å². The van der Waals surface area contributed by atoms with E-state index in [-0.39, 0.29) is 11.8 Å². The van der Waals surface area contributed by atoms with Gasteiger partial charge in [-0.05, 0) is 18.8 Å². The average molecular weight is 291 g/mol. The molecule has 0 aliphatic carbocycles. The van der Waals surface area contributed by atoms with Crippen LogP contribution in [-0.2, 0) is 16.0 Å². The summed E-state index contributed by atoms with van der Waals surface area (Å²) in [7, 11) is 0. The van der Waals surface area contributed by atoms with Gasteiger partial charge in [0.05, 0.1) is 11.6 Å². The summed E-state index contributed by atoms with van der Waals surface area (Å²) in [4.78, 5) is 33.3. The fourth-order valence-corrected chi connectivity index (χ4v) is 2.87. The lowest BCUT2D eigenvalue weighted by Gasteiger charge is -2.16. The lowest BCUT2D eigenvalue weighted by molar-refractivity contribution is -0.142. The second-order valence-electron chi connectivity index (χ2n) is 5.49. The number of likely N-dealkylation sites (tertiary alicyclic amines) is 1. The minimum Gasteiger partial charge on any atom is -0.481 e. The molecule has 1 aromatic rings. The second-order valence-corrected chi connectivity index (χ2v) is 5.49. The Morgan fingerprint density at radius 1 is 1.38 bits per heavy atom. The van der Waals surface area contributed by atoms with Crippen molar-refractivity contribution >= 4 is 11.9 Å². The molecule has 2 atom stereocenters. The number of nitrogens with zero attached hydrogens (tertiary/aromatic N) is 3. The average Bonchev–Trinajstić information content (AvgIpc) is 2.90. The van der Waals surface area contributed by atoms with Crippen LogP contribution < -0.4 is 0 Å².